The zero-order valence-electron chi connectivity index (χ0n) is 9.04. The predicted molar refractivity (Wildman–Crippen MR) is 59.2 cm³/mol. The fourth-order valence-electron chi connectivity index (χ4n) is 1.88. The lowest BCUT2D eigenvalue weighted by Gasteiger charge is -2.23. The van der Waals surface area contributed by atoms with Crippen LogP contribution in [0.4, 0.5) is 0 Å². The Morgan fingerprint density at radius 1 is 1.60 bits per heavy atom. The van der Waals surface area contributed by atoms with Gasteiger partial charge in [0, 0.05) is 6.54 Å². The fourth-order valence-corrected chi connectivity index (χ4v) is 1.88. The van der Waals surface area contributed by atoms with Crippen molar-refractivity contribution in [2.24, 2.45) is 5.73 Å². The van der Waals surface area contributed by atoms with Crippen LogP contribution in [0.2, 0.25) is 0 Å². The Balaban J connectivity index is 2.29. The number of nitrogens with two attached hydrogens (primary N) is 1. The molecular formula is C11H20N2O2. The second kappa shape index (κ2) is 5.28. The van der Waals surface area contributed by atoms with Gasteiger partial charge in [-0.05, 0) is 19.3 Å². The van der Waals surface area contributed by atoms with E-state index in [1.165, 1.54) is 0 Å². The second-order valence-corrected chi connectivity index (χ2v) is 4.28. The molecule has 0 aromatic carbocycles. The molecular weight excluding hydrogens is 192 g/mol. The number of nitrogens with one attached hydrogen (secondary N) is 1. The van der Waals surface area contributed by atoms with Crippen LogP contribution in [0.25, 0.3) is 0 Å². The maximum Gasteiger partial charge on any atom is 0.237 e. The van der Waals surface area contributed by atoms with Gasteiger partial charge in [-0.3, -0.25) is 4.79 Å². The molecule has 1 unspecified atom stereocenters. The first-order valence-electron chi connectivity index (χ1n) is 5.44. The Morgan fingerprint density at radius 2 is 2.20 bits per heavy atom. The SMILES string of the molecule is C=CCC(N)C(=O)NCC1(O)CCCC1. The molecule has 4 heteroatoms. The van der Waals surface area contributed by atoms with Gasteiger partial charge in [-0.25, -0.2) is 0 Å². The van der Waals surface area contributed by atoms with Crippen LogP contribution in [-0.4, -0.2) is 29.2 Å². The molecule has 1 aliphatic carbocycles. The van der Waals surface area contributed by atoms with Gasteiger partial charge < -0.3 is 16.2 Å². The highest BCUT2D eigenvalue weighted by Gasteiger charge is 2.31. The van der Waals surface area contributed by atoms with E-state index in [0.29, 0.717) is 13.0 Å². The number of hydrogen-bond acceptors (Lipinski definition) is 3. The Hall–Kier alpha value is -0.870. The van der Waals surface area contributed by atoms with E-state index in [2.05, 4.69) is 11.9 Å². The zero-order valence-corrected chi connectivity index (χ0v) is 9.04. The highest BCUT2D eigenvalue weighted by molar-refractivity contribution is 5.81. The van der Waals surface area contributed by atoms with Gasteiger partial charge in [0.15, 0.2) is 0 Å². The average Bonchev–Trinajstić information content (AvgIpc) is 2.63. The maximum absolute atomic E-state index is 11.4. The van der Waals surface area contributed by atoms with Crippen molar-refractivity contribution >= 4 is 5.91 Å². The van der Waals surface area contributed by atoms with E-state index in [4.69, 9.17) is 5.73 Å². The Kier molecular flexibility index (Phi) is 4.29. The van der Waals surface area contributed by atoms with Gasteiger partial charge >= 0.3 is 0 Å². The van der Waals surface area contributed by atoms with Gasteiger partial charge in [0.2, 0.25) is 5.91 Å². The van der Waals surface area contributed by atoms with Crippen LogP contribution in [0, 0.1) is 0 Å². The van der Waals surface area contributed by atoms with E-state index in [1.807, 2.05) is 0 Å². The third-order valence-electron chi connectivity index (χ3n) is 2.88. The molecule has 4 nitrogen and oxygen atoms in total. The summed E-state index contributed by atoms with van der Waals surface area (Å²) in [6.45, 7) is 3.84. The molecule has 4 N–H and O–H groups in total. The van der Waals surface area contributed by atoms with E-state index < -0.39 is 11.6 Å². The molecule has 1 aliphatic rings. The highest BCUT2D eigenvalue weighted by atomic mass is 16.3. The minimum absolute atomic E-state index is 0.213. The Labute approximate surface area is 90.5 Å². The number of aliphatic hydroxyl groups is 1. The summed E-state index contributed by atoms with van der Waals surface area (Å²) >= 11 is 0. The van der Waals surface area contributed by atoms with E-state index in [1.54, 1.807) is 6.08 Å². The summed E-state index contributed by atoms with van der Waals surface area (Å²) in [5.41, 5.74) is 4.89. The molecule has 0 heterocycles. The summed E-state index contributed by atoms with van der Waals surface area (Å²) in [4.78, 5) is 11.4. The van der Waals surface area contributed by atoms with Gasteiger partial charge in [0.25, 0.3) is 0 Å². The van der Waals surface area contributed by atoms with Crippen LogP contribution in [0.5, 0.6) is 0 Å². The number of carbonyl (C=O) groups is 1. The molecule has 0 saturated heterocycles. The molecule has 0 radical (unpaired) electrons. The molecule has 1 rings (SSSR count). The molecule has 1 fully saturated rings. The number of rotatable bonds is 5. The lowest BCUT2D eigenvalue weighted by atomic mass is 10.0. The van der Waals surface area contributed by atoms with Gasteiger partial charge in [0.05, 0.1) is 11.6 Å². The van der Waals surface area contributed by atoms with Crippen LogP contribution in [0.15, 0.2) is 12.7 Å². The molecule has 0 aromatic heterocycles. The van der Waals surface area contributed by atoms with Crippen molar-refractivity contribution in [2.75, 3.05) is 6.54 Å². The monoisotopic (exact) mass is 212 g/mol. The largest absolute Gasteiger partial charge is 0.388 e. The van der Waals surface area contributed by atoms with Crippen molar-refractivity contribution in [1.29, 1.82) is 0 Å². The second-order valence-electron chi connectivity index (χ2n) is 4.28. The summed E-state index contributed by atoms with van der Waals surface area (Å²) in [5, 5.41) is 12.7. The lowest BCUT2D eigenvalue weighted by Crippen LogP contribution is -2.47. The van der Waals surface area contributed by atoms with Crippen LogP contribution in [0.3, 0.4) is 0 Å². The molecule has 0 spiro atoms. The molecule has 1 saturated carbocycles. The highest BCUT2D eigenvalue weighted by Crippen LogP contribution is 2.28. The fraction of sp³-hybridized carbons (Fsp3) is 0.727. The quantitative estimate of drug-likeness (QED) is 0.574. The van der Waals surface area contributed by atoms with Gasteiger partial charge in [-0.1, -0.05) is 18.9 Å². The summed E-state index contributed by atoms with van der Waals surface area (Å²) in [6.07, 6.45) is 5.68. The summed E-state index contributed by atoms with van der Waals surface area (Å²) < 4.78 is 0. The van der Waals surface area contributed by atoms with Crippen LogP contribution in [-0.2, 0) is 4.79 Å². The first-order valence-corrected chi connectivity index (χ1v) is 5.44. The summed E-state index contributed by atoms with van der Waals surface area (Å²) in [6, 6.07) is -0.549. The van der Waals surface area contributed by atoms with E-state index in [0.717, 1.165) is 25.7 Å². The average molecular weight is 212 g/mol. The van der Waals surface area contributed by atoms with Crippen molar-refractivity contribution in [3.63, 3.8) is 0 Å². The molecule has 1 amide bonds. The predicted octanol–water partition coefficient (Wildman–Crippen LogP) is 0.311. The smallest absolute Gasteiger partial charge is 0.237 e. The van der Waals surface area contributed by atoms with Crippen molar-refractivity contribution in [2.45, 2.75) is 43.7 Å². The molecule has 1 atom stereocenters. The van der Waals surface area contributed by atoms with E-state index in [-0.39, 0.29) is 5.91 Å². The van der Waals surface area contributed by atoms with E-state index in [9.17, 15) is 9.90 Å². The first kappa shape index (κ1) is 12.2. The molecule has 0 aliphatic heterocycles. The van der Waals surface area contributed by atoms with Crippen molar-refractivity contribution in [3.8, 4) is 0 Å². The standard InChI is InChI=1S/C11H20N2O2/c1-2-5-9(12)10(14)13-8-11(15)6-3-4-7-11/h2,9,15H,1,3-8,12H2,(H,13,14). The first-order chi connectivity index (χ1) is 7.07. The van der Waals surface area contributed by atoms with Crippen LogP contribution < -0.4 is 11.1 Å². The van der Waals surface area contributed by atoms with Gasteiger partial charge in [-0.15, -0.1) is 6.58 Å². The minimum atomic E-state index is -0.705. The minimum Gasteiger partial charge on any atom is -0.388 e. The van der Waals surface area contributed by atoms with Gasteiger partial charge in [0.1, 0.15) is 0 Å². The van der Waals surface area contributed by atoms with E-state index >= 15 is 0 Å². The van der Waals surface area contributed by atoms with Crippen molar-refractivity contribution in [3.05, 3.63) is 12.7 Å². The molecule has 15 heavy (non-hydrogen) atoms. The third-order valence-corrected chi connectivity index (χ3v) is 2.88. The topological polar surface area (TPSA) is 75.4 Å². The third kappa shape index (κ3) is 3.64. The van der Waals surface area contributed by atoms with Crippen molar-refractivity contribution < 1.29 is 9.90 Å². The molecule has 0 bridgehead atoms. The Morgan fingerprint density at radius 3 is 2.73 bits per heavy atom. The molecule has 0 aromatic rings. The number of carbonyl (C=O) groups excluding carboxylic acids is 1. The lowest BCUT2D eigenvalue weighted by molar-refractivity contribution is -0.123. The number of hydrogen-bond donors (Lipinski definition) is 3. The van der Waals surface area contributed by atoms with Gasteiger partial charge in [-0.2, -0.15) is 0 Å². The molecule has 86 valence electrons. The normalized spacial score (nSPS) is 20.9. The van der Waals surface area contributed by atoms with Crippen molar-refractivity contribution in [1.82, 2.24) is 5.32 Å². The number of amides is 1. The maximum atomic E-state index is 11.4. The van der Waals surface area contributed by atoms with Crippen LogP contribution in [0.1, 0.15) is 32.1 Å². The summed E-state index contributed by atoms with van der Waals surface area (Å²) in [5.74, 6) is -0.213. The zero-order chi connectivity index (χ0) is 11.3. The Bertz CT molecular complexity index is 235. The van der Waals surface area contributed by atoms with Crippen LogP contribution >= 0.6 is 0 Å². The summed E-state index contributed by atoms with van der Waals surface area (Å²) in [7, 11) is 0.